The summed E-state index contributed by atoms with van der Waals surface area (Å²) in [6.45, 7) is 13.7. The smallest absolute Gasteiger partial charge is 0.0824 e. The quantitative estimate of drug-likeness (QED) is 0.333. The van der Waals surface area contributed by atoms with Crippen molar-refractivity contribution in [1.82, 2.24) is 0 Å². The van der Waals surface area contributed by atoms with Crippen LogP contribution in [-0.2, 0) is 4.74 Å². The summed E-state index contributed by atoms with van der Waals surface area (Å²) in [6, 6.07) is 0. The van der Waals surface area contributed by atoms with E-state index in [0.717, 1.165) is 62.9 Å². The van der Waals surface area contributed by atoms with Crippen LogP contribution >= 0.6 is 0 Å². The fraction of sp³-hybridized carbons (Fsp3) is 0.935. The SMILES string of the molecule is CC(C)(O)CCC[C@@H](COCC(C)(C)O)[C@H]1CC[C@H]2[C@@H]3CC=C4C[C@@H](O)CC[C@]4(C)[C@H]3CC[C@]12C. The van der Waals surface area contributed by atoms with Gasteiger partial charge in [-0.15, -0.1) is 0 Å². The van der Waals surface area contributed by atoms with Crippen LogP contribution in [0.3, 0.4) is 0 Å². The van der Waals surface area contributed by atoms with Gasteiger partial charge in [-0.1, -0.05) is 31.9 Å². The fourth-order valence-corrected chi connectivity index (χ4v) is 9.11. The predicted molar refractivity (Wildman–Crippen MR) is 142 cm³/mol. The van der Waals surface area contributed by atoms with Crippen molar-refractivity contribution in [3.8, 4) is 0 Å². The number of hydrogen-bond donors (Lipinski definition) is 3. The summed E-state index contributed by atoms with van der Waals surface area (Å²) in [5.74, 6) is 3.47. The highest BCUT2D eigenvalue weighted by Crippen LogP contribution is 2.67. The number of aliphatic hydroxyl groups excluding tert-OH is 1. The van der Waals surface area contributed by atoms with E-state index in [1.807, 2.05) is 27.7 Å². The van der Waals surface area contributed by atoms with E-state index in [1.165, 1.54) is 32.1 Å². The molecule has 8 atom stereocenters. The van der Waals surface area contributed by atoms with E-state index in [2.05, 4.69) is 19.9 Å². The van der Waals surface area contributed by atoms with Crippen LogP contribution in [0.1, 0.15) is 112 Å². The minimum absolute atomic E-state index is 0.135. The maximum atomic E-state index is 10.3. The number of ether oxygens (including phenoxy) is 1. The maximum Gasteiger partial charge on any atom is 0.0824 e. The molecule has 4 heteroatoms. The summed E-state index contributed by atoms with van der Waals surface area (Å²) in [4.78, 5) is 0. The molecule has 4 aliphatic rings. The molecule has 0 amide bonds. The molecule has 0 spiro atoms. The third kappa shape index (κ3) is 5.86. The average molecular weight is 491 g/mol. The molecular formula is C31H54O4. The molecule has 0 saturated heterocycles. The zero-order chi connectivity index (χ0) is 25.6. The lowest BCUT2D eigenvalue weighted by atomic mass is 9.47. The molecule has 0 aromatic heterocycles. The standard InChI is InChI=1S/C31H54O4/c1-28(2,33)15-7-8-21(19-35-20-29(3,4)34)25-11-12-26-24-10-9-22-18-23(32)13-16-30(22,5)27(24)14-17-31(25,26)6/h9,21,23-27,32-34H,7-8,10-20H2,1-6H3/t21-,23-,24-,25+,26-,27-,30-,31+/m0/s1. The Balaban J connectivity index is 1.50. The molecule has 3 N–H and O–H groups in total. The number of fused-ring (bicyclic) bond motifs is 5. The van der Waals surface area contributed by atoms with Gasteiger partial charge >= 0.3 is 0 Å². The summed E-state index contributed by atoms with van der Waals surface area (Å²) >= 11 is 0. The first-order valence-electron chi connectivity index (χ1n) is 14.6. The van der Waals surface area contributed by atoms with Crippen LogP contribution in [0.5, 0.6) is 0 Å². The molecule has 35 heavy (non-hydrogen) atoms. The molecular weight excluding hydrogens is 436 g/mol. The Kier molecular flexibility index (Phi) is 7.92. The van der Waals surface area contributed by atoms with E-state index in [0.29, 0.717) is 29.3 Å². The Bertz CT molecular complexity index is 741. The van der Waals surface area contributed by atoms with Crippen molar-refractivity contribution < 1.29 is 20.1 Å². The highest BCUT2D eigenvalue weighted by atomic mass is 16.5. The van der Waals surface area contributed by atoms with Gasteiger partial charge in [0.25, 0.3) is 0 Å². The van der Waals surface area contributed by atoms with Gasteiger partial charge < -0.3 is 20.1 Å². The first kappa shape index (κ1) is 27.6. The van der Waals surface area contributed by atoms with Crippen molar-refractivity contribution in [2.45, 2.75) is 129 Å². The Morgan fingerprint density at radius 2 is 1.74 bits per heavy atom. The van der Waals surface area contributed by atoms with Gasteiger partial charge in [0, 0.05) is 6.61 Å². The lowest BCUT2D eigenvalue weighted by Gasteiger charge is -2.58. The summed E-state index contributed by atoms with van der Waals surface area (Å²) in [5.41, 5.74) is 0.791. The molecule has 202 valence electrons. The first-order valence-corrected chi connectivity index (χ1v) is 14.6. The van der Waals surface area contributed by atoms with Gasteiger partial charge in [0.15, 0.2) is 0 Å². The second-order valence-corrected chi connectivity index (χ2v) is 14.7. The Morgan fingerprint density at radius 3 is 2.43 bits per heavy atom. The third-order valence-electron chi connectivity index (χ3n) is 10.9. The summed E-state index contributed by atoms with van der Waals surface area (Å²) < 4.78 is 6.14. The van der Waals surface area contributed by atoms with Gasteiger partial charge in [-0.2, -0.15) is 0 Å². The molecule has 3 fully saturated rings. The monoisotopic (exact) mass is 490 g/mol. The van der Waals surface area contributed by atoms with Crippen molar-refractivity contribution >= 4 is 0 Å². The largest absolute Gasteiger partial charge is 0.393 e. The van der Waals surface area contributed by atoms with E-state index in [1.54, 1.807) is 5.57 Å². The molecule has 0 unspecified atom stereocenters. The summed E-state index contributed by atoms with van der Waals surface area (Å²) in [7, 11) is 0. The van der Waals surface area contributed by atoms with Crippen LogP contribution in [0.15, 0.2) is 11.6 Å². The van der Waals surface area contributed by atoms with Gasteiger partial charge in [0.2, 0.25) is 0 Å². The van der Waals surface area contributed by atoms with Crippen molar-refractivity contribution in [3.05, 3.63) is 11.6 Å². The van der Waals surface area contributed by atoms with Gasteiger partial charge in [-0.3, -0.25) is 0 Å². The lowest BCUT2D eigenvalue weighted by Crippen LogP contribution is -2.51. The van der Waals surface area contributed by atoms with Gasteiger partial charge in [-0.25, -0.2) is 0 Å². The van der Waals surface area contributed by atoms with Crippen LogP contribution in [0.25, 0.3) is 0 Å². The maximum absolute atomic E-state index is 10.3. The molecule has 0 aromatic carbocycles. The normalized spacial score (nSPS) is 40.5. The molecule has 4 nitrogen and oxygen atoms in total. The minimum Gasteiger partial charge on any atom is -0.393 e. The van der Waals surface area contributed by atoms with Crippen molar-refractivity contribution in [2.75, 3.05) is 13.2 Å². The van der Waals surface area contributed by atoms with Crippen LogP contribution in [0.4, 0.5) is 0 Å². The second-order valence-electron chi connectivity index (χ2n) is 14.7. The van der Waals surface area contributed by atoms with E-state index in [9.17, 15) is 15.3 Å². The van der Waals surface area contributed by atoms with Crippen molar-refractivity contribution in [1.29, 1.82) is 0 Å². The number of allylic oxidation sites excluding steroid dienone is 1. The highest BCUT2D eigenvalue weighted by Gasteiger charge is 2.59. The van der Waals surface area contributed by atoms with Gasteiger partial charge in [0.1, 0.15) is 0 Å². The van der Waals surface area contributed by atoms with E-state index in [-0.39, 0.29) is 6.10 Å². The second kappa shape index (κ2) is 10.0. The van der Waals surface area contributed by atoms with Crippen LogP contribution in [0, 0.1) is 40.4 Å². The number of hydrogen-bond acceptors (Lipinski definition) is 4. The summed E-state index contributed by atoms with van der Waals surface area (Å²) in [6.07, 6.45) is 14.8. The Morgan fingerprint density at radius 1 is 1.00 bits per heavy atom. The predicted octanol–water partition coefficient (Wildman–Crippen LogP) is 6.27. The van der Waals surface area contributed by atoms with Crippen LogP contribution < -0.4 is 0 Å². The zero-order valence-electron chi connectivity index (χ0n) is 23.5. The van der Waals surface area contributed by atoms with Crippen molar-refractivity contribution in [2.24, 2.45) is 40.4 Å². The molecule has 0 aliphatic heterocycles. The van der Waals surface area contributed by atoms with Gasteiger partial charge in [-0.05, 0) is 132 Å². The Hall–Kier alpha value is -0.420. The highest BCUT2D eigenvalue weighted by molar-refractivity contribution is 5.25. The zero-order valence-corrected chi connectivity index (χ0v) is 23.5. The minimum atomic E-state index is -0.799. The van der Waals surface area contributed by atoms with Crippen LogP contribution in [0.2, 0.25) is 0 Å². The number of aliphatic hydroxyl groups is 3. The molecule has 0 heterocycles. The summed E-state index contributed by atoms with van der Waals surface area (Å²) in [5, 5.41) is 30.8. The molecule has 4 aliphatic carbocycles. The molecule has 0 radical (unpaired) electrons. The van der Waals surface area contributed by atoms with Crippen LogP contribution in [-0.4, -0.2) is 45.8 Å². The third-order valence-corrected chi connectivity index (χ3v) is 10.9. The molecule has 4 rings (SSSR count). The van der Waals surface area contributed by atoms with Crippen molar-refractivity contribution in [3.63, 3.8) is 0 Å². The van der Waals surface area contributed by atoms with Gasteiger partial charge in [0.05, 0.1) is 23.9 Å². The fourth-order valence-electron chi connectivity index (χ4n) is 9.11. The van der Waals surface area contributed by atoms with E-state index < -0.39 is 11.2 Å². The van der Waals surface area contributed by atoms with E-state index in [4.69, 9.17) is 4.74 Å². The number of rotatable bonds is 9. The topological polar surface area (TPSA) is 69.9 Å². The molecule has 0 aromatic rings. The molecule has 3 saturated carbocycles. The Labute approximate surface area is 214 Å². The first-order chi connectivity index (χ1) is 16.2. The molecule has 0 bridgehead atoms. The lowest BCUT2D eigenvalue weighted by molar-refractivity contribution is -0.0762. The average Bonchev–Trinajstić information content (AvgIpc) is 3.08. The van der Waals surface area contributed by atoms with E-state index >= 15 is 0 Å².